The highest BCUT2D eigenvalue weighted by Crippen LogP contribution is 2.42. The van der Waals surface area contributed by atoms with Crippen molar-refractivity contribution in [1.29, 1.82) is 0 Å². The van der Waals surface area contributed by atoms with Gasteiger partial charge in [0.15, 0.2) is 0 Å². The molecule has 3 heteroatoms. The van der Waals surface area contributed by atoms with Crippen LogP contribution in [0.25, 0.3) is 0 Å². The highest BCUT2D eigenvalue weighted by Gasteiger charge is 2.26. The maximum Gasteiger partial charge on any atom is 0.0464 e. The zero-order valence-electron chi connectivity index (χ0n) is 11.0. The Morgan fingerprint density at radius 2 is 1.80 bits per heavy atom. The smallest absolute Gasteiger partial charge is 0.0464 e. The van der Waals surface area contributed by atoms with Crippen LogP contribution in [0, 0.1) is 5.92 Å². The van der Waals surface area contributed by atoms with E-state index in [4.69, 9.17) is 23.2 Å². The molecule has 0 aliphatic heterocycles. The van der Waals surface area contributed by atoms with Gasteiger partial charge in [-0.3, -0.25) is 0 Å². The van der Waals surface area contributed by atoms with Crippen molar-refractivity contribution in [2.45, 2.75) is 24.1 Å². The van der Waals surface area contributed by atoms with Gasteiger partial charge in [-0.2, -0.15) is 0 Å². The molecule has 0 amide bonds. The first-order valence-corrected chi connectivity index (χ1v) is 8.48. The third-order valence-electron chi connectivity index (χ3n) is 4.06. The zero-order valence-corrected chi connectivity index (χ0v) is 14.0. The molecule has 2 unspecified atom stereocenters. The van der Waals surface area contributed by atoms with Crippen molar-refractivity contribution < 1.29 is 0 Å². The van der Waals surface area contributed by atoms with Crippen LogP contribution in [0.5, 0.6) is 0 Å². The summed E-state index contributed by atoms with van der Waals surface area (Å²) in [7, 11) is 0. The highest BCUT2D eigenvalue weighted by molar-refractivity contribution is 9.09. The summed E-state index contributed by atoms with van der Waals surface area (Å²) < 4.78 is 0. The summed E-state index contributed by atoms with van der Waals surface area (Å²) in [6.45, 7) is 0. The summed E-state index contributed by atoms with van der Waals surface area (Å²) in [5.41, 5.74) is 4.10. The summed E-state index contributed by atoms with van der Waals surface area (Å²) in [6, 6.07) is 14.5. The Kier molecular flexibility index (Phi) is 4.40. The van der Waals surface area contributed by atoms with Gasteiger partial charge in [-0.05, 0) is 54.0 Å². The van der Waals surface area contributed by atoms with Gasteiger partial charge in [0.2, 0.25) is 0 Å². The van der Waals surface area contributed by atoms with Gasteiger partial charge in [0.05, 0.1) is 0 Å². The molecule has 0 aromatic heterocycles. The molecule has 0 radical (unpaired) electrons. The quantitative estimate of drug-likeness (QED) is 0.550. The number of hydrogen-bond donors (Lipinski definition) is 0. The molecular weight excluding hydrogens is 355 g/mol. The molecule has 104 valence electrons. The van der Waals surface area contributed by atoms with Crippen molar-refractivity contribution in [2.75, 3.05) is 0 Å². The van der Waals surface area contributed by atoms with E-state index in [9.17, 15) is 0 Å². The minimum absolute atomic E-state index is 0.278. The molecule has 0 bridgehead atoms. The predicted octanol–water partition coefficient (Wildman–Crippen LogP) is 6.23. The number of benzene rings is 2. The molecule has 2 atom stereocenters. The second-order valence-electron chi connectivity index (χ2n) is 5.34. The normalized spacial score (nSPS) is 19.4. The first-order valence-electron chi connectivity index (χ1n) is 6.81. The maximum atomic E-state index is 6.33. The molecule has 0 N–H and O–H groups in total. The van der Waals surface area contributed by atoms with Crippen molar-refractivity contribution >= 4 is 39.1 Å². The minimum Gasteiger partial charge on any atom is -0.0843 e. The van der Waals surface area contributed by atoms with Gasteiger partial charge >= 0.3 is 0 Å². The first kappa shape index (κ1) is 14.4. The van der Waals surface area contributed by atoms with E-state index in [1.54, 1.807) is 0 Å². The number of alkyl halides is 1. The predicted molar refractivity (Wildman–Crippen MR) is 90.1 cm³/mol. The minimum atomic E-state index is 0.278. The van der Waals surface area contributed by atoms with E-state index in [1.807, 2.05) is 18.2 Å². The third kappa shape index (κ3) is 2.90. The van der Waals surface area contributed by atoms with Crippen LogP contribution >= 0.6 is 39.1 Å². The van der Waals surface area contributed by atoms with Crippen LogP contribution in [0.2, 0.25) is 10.0 Å². The summed E-state index contributed by atoms with van der Waals surface area (Å²) in [5, 5.41) is 1.44. The van der Waals surface area contributed by atoms with Crippen LogP contribution in [0.3, 0.4) is 0 Å². The van der Waals surface area contributed by atoms with Crippen molar-refractivity contribution in [3.05, 3.63) is 69.2 Å². The van der Waals surface area contributed by atoms with E-state index < -0.39 is 0 Å². The van der Waals surface area contributed by atoms with Gasteiger partial charge in [-0.25, -0.2) is 0 Å². The molecule has 0 nitrogen and oxygen atoms in total. The molecule has 0 fully saturated rings. The third-order valence-corrected chi connectivity index (χ3v) is 5.86. The molecule has 20 heavy (non-hydrogen) atoms. The second-order valence-corrected chi connectivity index (χ2v) is 7.17. The average Bonchev–Trinajstić information content (AvgIpc) is 2.46. The standard InChI is InChI=1S/C17H15BrCl2/c18-17(15-8-7-14(19)10-16(15)20)13-6-5-11-3-1-2-4-12(11)9-13/h1-4,7-8,10,13,17H,5-6,9H2. The van der Waals surface area contributed by atoms with Crippen molar-refractivity contribution in [3.63, 3.8) is 0 Å². The fraction of sp³-hybridized carbons (Fsp3) is 0.294. The maximum absolute atomic E-state index is 6.33. The molecule has 2 aromatic carbocycles. The number of halogens is 3. The van der Waals surface area contributed by atoms with Crippen molar-refractivity contribution in [1.82, 2.24) is 0 Å². The molecule has 0 saturated heterocycles. The van der Waals surface area contributed by atoms with E-state index in [0.29, 0.717) is 10.9 Å². The van der Waals surface area contributed by atoms with E-state index in [2.05, 4.69) is 40.2 Å². The van der Waals surface area contributed by atoms with Crippen LogP contribution in [0.1, 0.15) is 27.9 Å². The van der Waals surface area contributed by atoms with Crippen LogP contribution in [-0.2, 0) is 12.8 Å². The lowest BCUT2D eigenvalue weighted by Gasteiger charge is -2.29. The second kappa shape index (κ2) is 6.09. The molecule has 2 aromatic rings. The van der Waals surface area contributed by atoms with Gasteiger partial charge < -0.3 is 0 Å². The Morgan fingerprint density at radius 1 is 1.05 bits per heavy atom. The Balaban J connectivity index is 1.84. The Bertz CT molecular complexity index is 624. The molecule has 1 aliphatic carbocycles. The largest absolute Gasteiger partial charge is 0.0843 e. The van der Waals surface area contributed by atoms with E-state index in [0.717, 1.165) is 23.4 Å². The summed E-state index contributed by atoms with van der Waals surface area (Å²) in [6.07, 6.45) is 3.44. The van der Waals surface area contributed by atoms with E-state index in [-0.39, 0.29) is 4.83 Å². The molecule has 0 saturated carbocycles. The topological polar surface area (TPSA) is 0 Å². The monoisotopic (exact) mass is 368 g/mol. The first-order chi connectivity index (χ1) is 9.65. The molecule has 1 aliphatic rings. The van der Waals surface area contributed by atoms with Crippen LogP contribution in [-0.4, -0.2) is 0 Å². The molecule has 3 rings (SSSR count). The van der Waals surface area contributed by atoms with E-state index in [1.165, 1.54) is 17.5 Å². The van der Waals surface area contributed by atoms with Crippen LogP contribution in [0.15, 0.2) is 42.5 Å². The van der Waals surface area contributed by atoms with Gasteiger partial charge in [0.1, 0.15) is 0 Å². The Labute approximate surface area is 138 Å². The van der Waals surface area contributed by atoms with Crippen LogP contribution < -0.4 is 0 Å². The van der Waals surface area contributed by atoms with E-state index >= 15 is 0 Å². The SMILES string of the molecule is Clc1ccc(C(Br)C2CCc3ccccc3C2)c(Cl)c1. The molecular formula is C17H15BrCl2. The number of aryl methyl sites for hydroxylation is 1. The van der Waals surface area contributed by atoms with Gasteiger partial charge in [0, 0.05) is 14.9 Å². The lowest BCUT2D eigenvalue weighted by molar-refractivity contribution is 0.453. The summed E-state index contributed by atoms with van der Waals surface area (Å²) >= 11 is 16.2. The van der Waals surface area contributed by atoms with Crippen LogP contribution in [0.4, 0.5) is 0 Å². The number of fused-ring (bicyclic) bond motifs is 1. The molecule has 0 heterocycles. The lowest BCUT2D eigenvalue weighted by atomic mass is 9.81. The highest BCUT2D eigenvalue weighted by atomic mass is 79.9. The van der Waals surface area contributed by atoms with Gasteiger partial charge in [-0.1, -0.05) is 69.5 Å². The summed E-state index contributed by atoms with van der Waals surface area (Å²) in [5.74, 6) is 0.573. The Hall–Kier alpha value is -0.500. The molecule has 0 spiro atoms. The average molecular weight is 370 g/mol. The Morgan fingerprint density at radius 3 is 2.55 bits per heavy atom. The number of rotatable bonds is 2. The van der Waals surface area contributed by atoms with Crippen molar-refractivity contribution in [2.24, 2.45) is 5.92 Å². The summed E-state index contributed by atoms with van der Waals surface area (Å²) in [4.78, 5) is 0.278. The fourth-order valence-corrected chi connectivity index (χ4v) is 4.46. The zero-order chi connectivity index (χ0) is 14.1. The van der Waals surface area contributed by atoms with Crippen molar-refractivity contribution in [3.8, 4) is 0 Å². The van der Waals surface area contributed by atoms with Gasteiger partial charge in [0.25, 0.3) is 0 Å². The lowest BCUT2D eigenvalue weighted by Crippen LogP contribution is -2.18. The fourth-order valence-electron chi connectivity index (χ4n) is 2.95. The van der Waals surface area contributed by atoms with Gasteiger partial charge in [-0.15, -0.1) is 0 Å². The number of hydrogen-bond acceptors (Lipinski definition) is 0.